The summed E-state index contributed by atoms with van der Waals surface area (Å²) < 4.78 is 5.53. The molecule has 0 aliphatic carbocycles. The Morgan fingerprint density at radius 2 is 2.06 bits per heavy atom. The first-order chi connectivity index (χ1) is 7.51. The first kappa shape index (κ1) is 14.0. The van der Waals surface area contributed by atoms with E-state index in [9.17, 15) is 15.3 Å². The van der Waals surface area contributed by atoms with Gasteiger partial charge in [-0.25, -0.2) is 0 Å². The quantitative estimate of drug-likeness (QED) is 0.530. The lowest BCUT2D eigenvalue weighted by atomic mass is 10.0. The number of phenolic OH excluding ortho intramolecular Hbond substituents is 1. The zero-order valence-electron chi connectivity index (χ0n) is 8.52. The third-order valence-corrected chi connectivity index (χ3v) is 3.62. The minimum absolute atomic E-state index is 0.0346. The summed E-state index contributed by atoms with van der Waals surface area (Å²) in [6.45, 7) is 0. The molecule has 90 valence electrons. The third-order valence-electron chi connectivity index (χ3n) is 2.13. The number of hydrogen-bond acceptors (Lipinski definition) is 4. The molecule has 1 rings (SSSR count). The maximum atomic E-state index is 9.80. The zero-order valence-corrected chi connectivity index (χ0v) is 12.3. The first-order valence-corrected chi connectivity index (χ1v) is 6.69. The van der Waals surface area contributed by atoms with Crippen molar-refractivity contribution < 1.29 is 20.1 Å². The summed E-state index contributed by atoms with van der Waals surface area (Å²) >= 11 is 5.02. The van der Waals surface area contributed by atoms with E-state index in [1.807, 2.05) is 22.6 Å². The number of aliphatic hydroxyl groups is 2. The largest absolute Gasteiger partial charge is 0.504 e. The average molecular weight is 403 g/mol. The lowest BCUT2D eigenvalue weighted by Gasteiger charge is -2.17. The minimum Gasteiger partial charge on any atom is -0.504 e. The predicted octanol–water partition coefficient (Wildman–Crippen LogP) is 1.79. The number of aromatic hydroxyl groups is 1. The zero-order chi connectivity index (χ0) is 12.3. The van der Waals surface area contributed by atoms with Gasteiger partial charge < -0.3 is 20.1 Å². The number of phenols is 1. The van der Waals surface area contributed by atoms with E-state index in [1.54, 1.807) is 6.07 Å². The SMILES string of the molecule is COc1cc(C(O)C(O)CBr)cc(I)c1O. The van der Waals surface area contributed by atoms with Crippen LogP contribution in [0.3, 0.4) is 0 Å². The van der Waals surface area contributed by atoms with Gasteiger partial charge in [-0.3, -0.25) is 0 Å². The maximum Gasteiger partial charge on any atom is 0.171 e. The summed E-state index contributed by atoms with van der Waals surface area (Å²) in [5.41, 5.74) is 0.506. The van der Waals surface area contributed by atoms with Crippen molar-refractivity contribution in [2.45, 2.75) is 12.2 Å². The monoisotopic (exact) mass is 402 g/mol. The molecule has 6 heteroatoms. The molecule has 0 aliphatic heterocycles. The highest BCUT2D eigenvalue weighted by molar-refractivity contribution is 14.1. The summed E-state index contributed by atoms with van der Waals surface area (Å²) in [5.74, 6) is 0.315. The first-order valence-electron chi connectivity index (χ1n) is 4.49. The number of ether oxygens (including phenoxy) is 1. The van der Waals surface area contributed by atoms with Gasteiger partial charge in [0.1, 0.15) is 6.10 Å². The lowest BCUT2D eigenvalue weighted by molar-refractivity contribution is 0.0341. The molecule has 2 atom stereocenters. The fraction of sp³-hybridized carbons (Fsp3) is 0.400. The summed E-state index contributed by atoms with van der Waals surface area (Å²) in [5, 5.41) is 29.2. The van der Waals surface area contributed by atoms with E-state index in [-0.39, 0.29) is 16.8 Å². The molecule has 1 aromatic carbocycles. The second-order valence-electron chi connectivity index (χ2n) is 3.22. The van der Waals surface area contributed by atoms with Crippen LogP contribution in [0.5, 0.6) is 11.5 Å². The second-order valence-corrected chi connectivity index (χ2v) is 5.03. The van der Waals surface area contributed by atoms with Gasteiger partial charge >= 0.3 is 0 Å². The van der Waals surface area contributed by atoms with E-state index in [2.05, 4.69) is 15.9 Å². The number of hydrogen-bond donors (Lipinski definition) is 3. The second kappa shape index (κ2) is 6.04. The van der Waals surface area contributed by atoms with Crippen LogP contribution in [0.1, 0.15) is 11.7 Å². The molecule has 0 aliphatic rings. The molecular formula is C10H12BrIO4. The van der Waals surface area contributed by atoms with Crippen LogP contribution in [0.2, 0.25) is 0 Å². The van der Waals surface area contributed by atoms with Crippen LogP contribution in [0, 0.1) is 3.57 Å². The minimum atomic E-state index is -1.01. The van der Waals surface area contributed by atoms with Crippen LogP contribution in [-0.2, 0) is 0 Å². The highest BCUT2D eigenvalue weighted by Gasteiger charge is 2.20. The van der Waals surface area contributed by atoms with Crippen molar-refractivity contribution in [3.05, 3.63) is 21.3 Å². The van der Waals surface area contributed by atoms with Gasteiger partial charge in [0, 0.05) is 5.33 Å². The molecule has 0 fully saturated rings. The van der Waals surface area contributed by atoms with Gasteiger partial charge in [-0.2, -0.15) is 0 Å². The summed E-state index contributed by atoms with van der Waals surface area (Å²) in [6.07, 6.45) is -1.91. The molecule has 2 unspecified atom stereocenters. The van der Waals surface area contributed by atoms with Gasteiger partial charge in [0.05, 0.1) is 16.8 Å². The van der Waals surface area contributed by atoms with Crippen molar-refractivity contribution in [3.63, 3.8) is 0 Å². The van der Waals surface area contributed by atoms with Gasteiger partial charge in [-0.15, -0.1) is 0 Å². The topological polar surface area (TPSA) is 69.9 Å². The van der Waals surface area contributed by atoms with Crippen LogP contribution < -0.4 is 4.74 Å². The molecule has 1 aromatic rings. The van der Waals surface area contributed by atoms with Gasteiger partial charge in [-0.1, -0.05) is 15.9 Å². The van der Waals surface area contributed by atoms with Crippen molar-refractivity contribution in [2.24, 2.45) is 0 Å². The Morgan fingerprint density at radius 1 is 1.44 bits per heavy atom. The fourth-order valence-electron chi connectivity index (χ4n) is 1.23. The van der Waals surface area contributed by atoms with Crippen LogP contribution in [0.4, 0.5) is 0 Å². The van der Waals surface area contributed by atoms with E-state index in [0.717, 1.165) is 0 Å². The standard InChI is InChI=1S/C10H12BrIO4/c1-16-8-3-5(2-6(12)10(8)15)9(14)7(13)4-11/h2-3,7,9,13-15H,4H2,1H3. The van der Waals surface area contributed by atoms with Crippen LogP contribution in [0.15, 0.2) is 12.1 Å². The third kappa shape index (κ3) is 2.99. The smallest absolute Gasteiger partial charge is 0.171 e. The van der Waals surface area contributed by atoms with Gasteiger partial charge in [-0.05, 0) is 40.3 Å². The Hall–Kier alpha value is -0.0500. The van der Waals surface area contributed by atoms with E-state index in [0.29, 0.717) is 9.13 Å². The Labute approximate surface area is 116 Å². The predicted molar refractivity (Wildman–Crippen MR) is 72.1 cm³/mol. The van der Waals surface area contributed by atoms with Crippen LogP contribution in [0.25, 0.3) is 0 Å². The lowest BCUT2D eigenvalue weighted by Crippen LogP contribution is -2.19. The van der Waals surface area contributed by atoms with Crippen LogP contribution in [-0.4, -0.2) is 33.9 Å². The van der Waals surface area contributed by atoms with E-state index >= 15 is 0 Å². The Morgan fingerprint density at radius 3 is 2.56 bits per heavy atom. The van der Waals surface area contributed by atoms with Gasteiger partial charge in [0.25, 0.3) is 0 Å². The number of methoxy groups -OCH3 is 1. The summed E-state index contributed by atoms with van der Waals surface area (Å²) in [7, 11) is 1.43. The Bertz CT molecular complexity index is 372. The Balaban J connectivity index is 3.10. The molecule has 0 amide bonds. The molecule has 0 heterocycles. The Kier molecular flexibility index (Phi) is 5.29. The number of alkyl halides is 1. The molecule has 0 spiro atoms. The molecule has 3 N–H and O–H groups in total. The summed E-state index contributed by atoms with van der Waals surface area (Å²) in [4.78, 5) is 0. The van der Waals surface area contributed by atoms with Crippen molar-refractivity contribution >= 4 is 38.5 Å². The average Bonchev–Trinajstić information content (AvgIpc) is 2.30. The van der Waals surface area contributed by atoms with E-state index in [1.165, 1.54) is 13.2 Å². The maximum absolute atomic E-state index is 9.80. The van der Waals surface area contributed by atoms with E-state index < -0.39 is 12.2 Å². The van der Waals surface area contributed by atoms with E-state index in [4.69, 9.17) is 4.74 Å². The normalized spacial score (nSPS) is 14.6. The molecule has 0 radical (unpaired) electrons. The summed E-state index contributed by atoms with van der Waals surface area (Å²) in [6, 6.07) is 3.11. The molecule has 0 saturated heterocycles. The highest BCUT2D eigenvalue weighted by atomic mass is 127. The van der Waals surface area contributed by atoms with Crippen molar-refractivity contribution in [1.29, 1.82) is 0 Å². The number of benzene rings is 1. The molecule has 0 saturated carbocycles. The van der Waals surface area contributed by atoms with Gasteiger partial charge in [0.2, 0.25) is 0 Å². The number of halogens is 2. The fourth-order valence-corrected chi connectivity index (χ4v) is 2.21. The van der Waals surface area contributed by atoms with Crippen LogP contribution >= 0.6 is 38.5 Å². The van der Waals surface area contributed by atoms with Crippen molar-refractivity contribution in [1.82, 2.24) is 0 Å². The molecule has 0 bridgehead atoms. The van der Waals surface area contributed by atoms with Crippen molar-refractivity contribution in [3.8, 4) is 11.5 Å². The molecule has 4 nitrogen and oxygen atoms in total. The molecular weight excluding hydrogens is 391 g/mol. The number of aliphatic hydroxyl groups excluding tert-OH is 2. The van der Waals surface area contributed by atoms with Gasteiger partial charge in [0.15, 0.2) is 11.5 Å². The molecule has 16 heavy (non-hydrogen) atoms. The molecule has 0 aromatic heterocycles. The highest BCUT2D eigenvalue weighted by Crippen LogP contribution is 2.35. The number of rotatable bonds is 4. The van der Waals surface area contributed by atoms with Crippen molar-refractivity contribution in [2.75, 3.05) is 12.4 Å².